The smallest absolute Gasteiger partial charge is 0.408 e. The third-order valence-electron chi connectivity index (χ3n) is 11.2. The molecule has 0 bridgehead atoms. The molecule has 1 saturated heterocycles. The molecule has 64 heavy (non-hydrogen) atoms. The van der Waals surface area contributed by atoms with Gasteiger partial charge >= 0.3 is 12.1 Å². The summed E-state index contributed by atoms with van der Waals surface area (Å²) in [6.07, 6.45) is -4.69. The first-order valence-electron chi connectivity index (χ1n) is 21.5. The van der Waals surface area contributed by atoms with Gasteiger partial charge in [-0.1, -0.05) is 170 Å². The predicted octanol–water partition coefficient (Wildman–Crippen LogP) is 9.50. The molecule has 1 aromatic heterocycles. The van der Waals surface area contributed by atoms with Crippen molar-refractivity contribution in [3.05, 3.63) is 215 Å². The lowest BCUT2D eigenvalue weighted by Gasteiger charge is -2.46. The van der Waals surface area contributed by atoms with E-state index in [2.05, 4.69) is 10.3 Å². The van der Waals surface area contributed by atoms with Crippen molar-refractivity contribution in [2.45, 2.75) is 76.0 Å². The highest BCUT2D eigenvalue weighted by Gasteiger charge is 2.50. The number of hydrogen-bond donors (Lipinski definition) is 3. The molecule has 1 aliphatic heterocycles. The lowest BCUT2D eigenvalue weighted by Crippen LogP contribution is -2.58. The molecule has 6 atom stereocenters. The summed E-state index contributed by atoms with van der Waals surface area (Å²) in [7, 11) is 0. The lowest BCUT2D eigenvalue weighted by molar-refractivity contribution is -0.275. The van der Waals surface area contributed by atoms with Crippen LogP contribution < -0.4 is 5.32 Å². The van der Waals surface area contributed by atoms with Crippen LogP contribution in [0.25, 0.3) is 10.9 Å². The molecule has 0 radical (unpaired) electrons. The van der Waals surface area contributed by atoms with Gasteiger partial charge in [0, 0.05) is 17.3 Å². The number of carboxylic acids is 1. The molecule has 1 fully saturated rings. The molecule has 1 aliphatic rings. The van der Waals surface area contributed by atoms with Gasteiger partial charge in [-0.25, -0.2) is 9.59 Å². The van der Waals surface area contributed by atoms with Crippen molar-refractivity contribution in [2.75, 3.05) is 6.61 Å². The van der Waals surface area contributed by atoms with E-state index in [0.29, 0.717) is 17.9 Å². The Morgan fingerprint density at radius 3 is 1.55 bits per heavy atom. The van der Waals surface area contributed by atoms with Gasteiger partial charge in [-0.15, -0.1) is 0 Å². The minimum atomic E-state index is -1.36. The van der Waals surface area contributed by atoms with E-state index in [-0.39, 0.29) is 39.5 Å². The van der Waals surface area contributed by atoms with Gasteiger partial charge in [-0.2, -0.15) is 0 Å². The SMILES string of the molecule is O=C(N[C@@H](Cc1c([C@H]2O[C@H](COCc3ccccc3)[C@@H](OCc3ccccc3)[C@H](OCc3ccccc3)[C@H]2OCc2ccccc2)[nH]c2ccccc12)C(=O)O)OCc1ccccc1. The summed E-state index contributed by atoms with van der Waals surface area (Å²) in [6, 6.07) is 55.2. The molecule has 328 valence electrons. The number of alkyl carbamates (subject to hydrolysis) is 1. The molecule has 8 rings (SSSR count). The topological polar surface area (TPSA) is 138 Å². The van der Waals surface area contributed by atoms with Crippen molar-refractivity contribution in [1.29, 1.82) is 0 Å². The molecule has 0 saturated carbocycles. The molecule has 6 aromatic carbocycles. The van der Waals surface area contributed by atoms with Crippen LogP contribution in [0.2, 0.25) is 0 Å². The number of aromatic nitrogens is 1. The molecule has 0 unspecified atom stereocenters. The number of para-hydroxylation sites is 1. The van der Waals surface area contributed by atoms with Crippen LogP contribution >= 0.6 is 0 Å². The maximum Gasteiger partial charge on any atom is 0.408 e. The fourth-order valence-electron chi connectivity index (χ4n) is 8.02. The summed E-state index contributed by atoms with van der Waals surface area (Å²) in [5.74, 6) is -1.22. The van der Waals surface area contributed by atoms with Crippen LogP contribution in [0.5, 0.6) is 0 Å². The van der Waals surface area contributed by atoms with Gasteiger partial charge in [0.1, 0.15) is 43.2 Å². The molecule has 0 aliphatic carbocycles. The summed E-state index contributed by atoms with van der Waals surface area (Å²) in [5, 5.41) is 14.0. The standard InChI is InChI=1S/C53H52N2O9/c56-52(57)45(55-53(58)63-35-41-26-14-5-15-27-41)30-43-42-28-16-17-29-44(42)54-47(43)49-51(62-34-40-24-12-4-13-25-40)50(61-33-39-22-10-3-11-23-39)48(60-32-38-20-8-2-9-21-38)46(64-49)36-59-31-37-18-6-1-7-19-37/h1-29,45-46,48-51,54H,30-36H2,(H,55,58)(H,56,57)/t45-,46+,48+,49+,50-,51-/m0/s1. The quantitative estimate of drug-likeness (QED) is 0.0685. The number of nitrogens with one attached hydrogen (secondary N) is 2. The third kappa shape index (κ3) is 11.7. The Hall–Kier alpha value is -6.60. The van der Waals surface area contributed by atoms with E-state index in [9.17, 15) is 14.7 Å². The fraction of sp³-hybridized carbons (Fsp3) is 0.245. The van der Waals surface area contributed by atoms with Gasteiger partial charge in [0.25, 0.3) is 0 Å². The third-order valence-corrected chi connectivity index (χ3v) is 11.2. The van der Waals surface area contributed by atoms with Gasteiger partial charge in [-0.3, -0.25) is 0 Å². The van der Waals surface area contributed by atoms with Gasteiger partial charge in [0.15, 0.2) is 0 Å². The van der Waals surface area contributed by atoms with Gasteiger partial charge in [-0.05, 0) is 39.4 Å². The number of aliphatic carboxylic acids is 1. The number of benzene rings is 6. The zero-order valence-corrected chi connectivity index (χ0v) is 35.4. The predicted molar refractivity (Wildman–Crippen MR) is 242 cm³/mol. The lowest BCUT2D eigenvalue weighted by atomic mass is 9.89. The molecule has 1 amide bonds. The highest BCUT2D eigenvalue weighted by molar-refractivity contribution is 5.87. The Balaban J connectivity index is 1.18. The zero-order valence-electron chi connectivity index (χ0n) is 35.4. The summed E-state index contributed by atoms with van der Waals surface area (Å²) in [6.45, 7) is 1.21. The number of carbonyl (C=O) groups excluding carboxylic acids is 1. The minimum Gasteiger partial charge on any atom is -0.480 e. The van der Waals surface area contributed by atoms with Crippen LogP contribution in [-0.2, 0) is 72.7 Å². The summed E-state index contributed by atoms with van der Waals surface area (Å²) >= 11 is 0. The number of carbonyl (C=O) groups is 2. The van der Waals surface area contributed by atoms with Gasteiger partial charge < -0.3 is 43.8 Å². The largest absolute Gasteiger partial charge is 0.480 e. The first-order valence-corrected chi connectivity index (χ1v) is 21.5. The van der Waals surface area contributed by atoms with Crippen LogP contribution in [0, 0.1) is 0 Å². The Kier molecular flexibility index (Phi) is 15.2. The van der Waals surface area contributed by atoms with Crippen molar-refractivity contribution < 1.29 is 43.1 Å². The number of hydrogen-bond acceptors (Lipinski definition) is 8. The first kappa shape index (κ1) is 44.0. The van der Waals surface area contributed by atoms with E-state index in [1.807, 2.05) is 176 Å². The molecule has 11 heteroatoms. The van der Waals surface area contributed by atoms with Gasteiger partial charge in [0.05, 0.1) is 38.7 Å². The average Bonchev–Trinajstić information content (AvgIpc) is 3.70. The summed E-state index contributed by atoms with van der Waals surface area (Å²) in [4.78, 5) is 29.7. The number of H-pyrrole nitrogens is 1. The highest BCUT2D eigenvalue weighted by atomic mass is 16.6. The number of rotatable bonds is 20. The molecule has 0 spiro atoms. The van der Waals surface area contributed by atoms with E-state index in [1.54, 1.807) is 0 Å². The van der Waals surface area contributed by atoms with Crippen LogP contribution in [-0.4, -0.2) is 59.2 Å². The summed E-state index contributed by atoms with van der Waals surface area (Å²) in [5.41, 5.74) is 6.65. The number of aromatic amines is 1. The van der Waals surface area contributed by atoms with E-state index in [4.69, 9.17) is 28.4 Å². The molecule has 2 heterocycles. The number of fused-ring (bicyclic) bond motifs is 1. The second kappa shape index (κ2) is 22.2. The van der Waals surface area contributed by atoms with Crippen molar-refractivity contribution in [3.8, 4) is 0 Å². The highest BCUT2D eigenvalue weighted by Crippen LogP contribution is 2.41. The maximum atomic E-state index is 13.2. The van der Waals surface area contributed by atoms with Crippen molar-refractivity contribution in [1.82, 2.24) is 10.3 Å². The van der Waals surface area contributed by atoms with E-state index >= 15 is 0 Å². The number of ether oxygens (including phenoxy) is 6. The van der Waals surface area contributed by atoms with Crippen LogP contribution in [0.1, 0.15) is 45.2 Å². The normalized spacial score (nSPS) is 18.9. The molecule has 11 nitrogen and oxygen atoms in total. The van der Waals surface area contributed by atoms with E-state index in [1.165, 1.54) is 0 Å². The number of amides is 1. The number of carboxylic acid groups (broad SMARTS) is 1. The van der Waals surface area contributed by atoms with E-state index in [0.717, 1.165) is 38.7 Å². The Bertz CT molecular complexity index is 2510. The molecular formula is C53H52N2O9. The monoisotopic (exact) mass is 860 g/mol. The van der Waals surface area contributed by atoms with Crippen molar-refractivity contribution in [3.63, 3.8) is 0 Å². The Morgan fingerprint density at radius 2 is 1.02 bits per heavy atom. The Labute approximate surface area is 372 Å². The fourth-order valence-corrected chi connectivity index (χ4v) is 8.02. The molecular weight excluding hydrogens is 809 g/mol. The molecule has 3 N–H and O–H groups in total. The first-order chi connectivity index (χ1) is 31.5. The van der Waals surface area contributed by atoms with Gasteiger partial charge in [0.2, 0.25) is 0 Å². The van der Waals surface area contributed by atoms with Crippen LogP contribution in [0.15, 0.2) is 176 Å². The van der Waals surface area contributed by atoms with Crippen LogP contribution in [0.3, 0.4) is 0 Å². The molecule has 7 aromatic rings. The maximum absolute atomic E-state index is 13.2. The second-order valence-electron chi connectivity index (χ2n) is 15.7. The van der Waals surface area contributed by atoms with Crippen molar-refractivity contribution >= 4 is 23.0 Å². The Morgan fingerprint density at radius 1 is 0.562 bits per heavy atom. The summed E-state index contributed by atoms with van der Waals surface area (Å²) < 4.78 is 40.0. The van der Waals surface area contributed by atoms with Crippen LogP contribution in [0.4, 0.5) is 4.79 Å². The minimum absolute atomic E-state index is 0.0146. The zero-order chi connectivity index (χ0) is 43.9. The van der Waals surface area contributed by atoms with Crippen molar-refractivity contribution in [2.24, 2.45) is 0 Å². The average molecular weight is 861 g/mol. The second-order valence-corrected chi connectivity index (χ2v) is 15.7. The van der Waals surface area contributed by atoms with E-state index < -0.39 is 48.6 Å².